The van der Waals surface area contributed by atoms with E-state index in [2.05, 4.69) is 6.92 Å². The molecular weight excluding hydrogens is 126 g/mol. The van der Waals surface area contributed by atoms with Crippen molar-refractivity contribution in [1.82, 2.24) is 0 Å². The molecule has 0 spiro atoms. The van der Waals surface area contributed by atoms with Crippen LogP contribution in [0.3, 0.4) is 0 Å². The minimum absolute atomic E-state index is 0.186. The Bertz CT molecular complexity index is 168. The maximum absolute atomic E-state index is 10.3. The van der Waals surface area contributed by atoms with Gasteiger partial charge in [0.2, 0.25) is 0 Å². The highest BCUT2D eigenvalue weighted by molar-refractivity contribution is 5.60. The van der Waals surface area contributed by atoms with Crippen molar-refractivity contribution < 1.29 is 4.79 Å². The number of carbonyl (C=O) groups excluding carboxylic acids is 1. The van der Waals surface area contributed by atoms with Gasteiger partial charge < -0.3 is 10.5 Å². The Hall–Kier alpha value is -0.370. The van der Waals surface area contributed by atoms with Gasteiger partial charge in [-0.05, 0) is 30.1 Å². The molecule has 2 N–H and O–H groups in total. The van der Waals surface area contributed by atoms with Gasteiger partial charge in [0, 0.05) is 0 Å². The van der Waals surface area contributed by atoms with E-state index in [9.17, 15) is 4.79 Å². The zero-order valence-electron chi connectivity index (χ0n) is 6.26. The quantitative estimate of drug-likeness (QED) is 0.572. The third-order valence-corrected chi connectivity index (χ3v) is 3.19. The molecule has 3 saturated carbocycles. The van der Waals surface area contributed by atoms with E-state index >= 15 is 0 Å². The zero-order valence-corrected chi connectivity index (χ0v) is 6.26. The predicted octanol–water partition coefficient (Wildman–Crippen LogP) is 0.703. The lowest BCUT2D eigenvalue weighted by Gasteiger charge is -2.71. The molecule has 2 heteroatoms. The first kappa shape index (κ1) is 6.35. The van der Waals surface area contributed by atoms with E-state index in [0.29, 0.717) is 5.41 Å². The Morgan fingerprint density at radius 3 is 2.30 bits per heavy atom. The smallest absolute Gasteiger partial charge is 0.137 e. The summed E-state index contributed by atoms with van der Waals surface area (Å²) in [7, 11) is 0. The van der Waals surface area contributed by atoms with Gasteiger partial charge in [-0.25, -0.2) is 0 Å². The average molecular weight is 139 g/mol. The van der Waals surface area contributed by atoms with Crippen LogP contribution in [0.1, 0.15) is 26.2 Å². The van der Waals surface area contributed by atoms with Crippen molar-refractivity contribution in [2.75, 3.05) is 0 Å². The van der Waals surface area contributed by atoms with Crippen molar-refractivity contribution in [3.8, 4) is 0 Å². The molecule has 0 heterocycles. The van der Waals surface area contributed by atoms with Crippen molar-refractivity contribution in [1.29, 1.82) is 0 Å². The highest BCUT2D eigenvalue weighted by Gasteiger charge is 2.67. The highest BCUT2D eigenvalue weighted by atomic mass is 16.1. The Balaban J connectivity index is 2.04. The molecule has 3 rings (SSSR count). The van der Waals surface area contributed by atoms with E-state index in [1.54, 1.807) is 0 Å². The van der Waals surface area contributed by atoms with Crippen LogP contribution in [0.25, 0.3) is 0 Å². The highest BCUT2D eigenvalue weighted by Crippen LogP contribution is 2.73. The molecule has 3 fully saturated rings. The van der Waals surface area contributed by atoms with Crippen LogP contribution in [-0.2, 0) is 4.79 Å². The monoisotopic (exact) mass is 139 g/mol. The summed E-state index contributed by atoms with van der Waals surface area (Å²) < 4.78 is 0. The molecule has 0 amide bonds. The standard InChI is InChI=1S/C8H13NO/c1-7-3-8(4-7,5-7)6(9)2-10/h2,6H,3-5,9H2,1H3. The molecule has 3 aliphatic rings. The number of nitrogens with two attached hydrogens (primary N) is 1. The number of hydrogen-bond acceptors (Lipinski definition) is 2. The van der Waals surface area contributed by atoms with Gasteiger partial charge in [-0.1, -0.05) is 6.92 Å². The van der Waals surface area contributed by atoms with Gasteiger partial charge in [0.1, 0.15) is 6.29 Å². The SMILES string of the molecule is CC12CC(C(N)C=O)(C1)C2. The van der Waals surface area contributed by atoms with Crippen LogP contribution in [0.5, 0.6) is 0 Å². The van der Waals surface area contributed by atoms with Crippen LogP contribution in [0.2, 0.25) is 0 Å². The molecule has 3 aliphatic carbocycles. The largest absolute Gasteiger partial charge is 0.321 e. The van der Waals surface area contributed by atoms with E-state index < -0.39 is 0 Å². The number of hydrogen-bond donors (Lipinski definition) is 1. The average Bonchev–Trinajstić information content (AvgIpc) is 1.77. The minimum atomic E-state index is -0.186. The normalized spacial score (nSPS) is 52.6. The molecule has 2 nitrogen and oxygen atoms in total. The van der Waals surface area contributed by atoms with Crippen molar-refractivity contribution in [2.24, 2.45) is 16.6 Å². The number of rotatable bonds is 2. The van der Waals surface area contributed by atoms with Crippen molar-refractivity contribution in [2.45, 2.75) is 32.2 Å². The molecule has 0 aromatic rings. The molecule has 0 aromatic carbocycles. The summed E-state index contributed by atoms with van der Waals surface area (Å²) in [6.07, 6.45) is 4.44. The van der Waals surface area contributed by atoms with Gasteiger partial charge in [-0.2, -0.15) is 0 Å². The van der Waals surface area contributed by atoms with Gasteiger partial charge in [0.15, 0.2) is 0 Å². The summed E-state index contributed by atoms with van der Waals surface area (Å²) in [4.78, 5) is 10.3. The van der Waals surface area contributed by atoms with E-state index in [1.807, 2.05) is 0 Å². The zero-order chi connectivity index (χ0) is 7.41. The Kier molecular flexibility index (Phi) is 0.919. The number of carbonyl (C=O) groups is 1. The molecule has 2 bridgehead atoms. The van der Waals surface area contributed by atoms with Crippen molar-refractivity contribution in [3.05, 3.63) is 0 Å². The molecule has 0 saturated heterocycles. The van der Waals surface area contributed by atoms with Gasteiger partial charge in [-0.3, -0.25) is 0 Å². The van der Waals surface area contributed by atoms with Crippen LogP contribution in [0, 0.1) is 10.8 Å². The molecular formula is C8H13NO. The van der Waals surface area contributed by atoms with E-state index in [1.165, 1.54) is 19.3 Å². The summed E-state index contributed by atoms with van der Waals surface area (Å²) in [6.45, 7) is 2.27. The summed E-state index contributed by atoms with van der Waals surface area (Å²) in [5, 5.41) is 0. The van der Waals surface area contributed by atoms with Crippen LogP contribution < -0.4 is 5.73 Å². The molecule has 0 aliphatic heterocycles. The molecule has 0 radical (unpaired) electrons. The molecule has 0 aromatic heterocycles. The maximum Gasteiger partial charge on any atom is 0.137 e. The summed E-state index contributed by atoms with van der Waals surface area (Å²) in [5.41, 5.74) is 6.46. The fourth-order valence-electron chi connectivity index (χ4n) is 2.89. The van der Waals surface area contributed by atoms with Crippen LogP contribution in [0.4, 0.5) is 0 Å². The second-order valence-electron chi connectivity index (χ2n) is 4.37. The van der Waals surface area contributed by atoms with E-state index in [4.69, 9.17) is 5.73 Å². The summed E-state index contributed by atoms with van der Waals surface area (Å²) in [5.74, 6) is 0. The first-order chi connectivity index (χ1) is 4.60. The lowest BCUT2D eigenvalue weighted by Crippen LogP contribution is -2.67. The van der Waals surface area contributed by atoms with Crippen LogP contribution >= 0.6 is 0 Å². The van der Waals surface area contributed by atoms with E-state index in [-0.39, 0.29) is 11.5 Å². The second-order valence-corrected chi connectivity index (χ2v) is 4.37. The predicted molar refractivity (Wildman–Crippen MR) is 38.4 cm³/mol. The third-order valence-electron chi connectivity index (χ3n) is 3.19. The van der Waals surface area contributed by atoms with Crippen molar-refractivity contribution >= 4 is 6.29 Å². The Morgan fingerprint density at radius 2 is 2.00 bits per heavy atom. The molecule has 1 atom stereocenters. The number of aldehydes is 1. The molecule has 10 heavy (non-hydrogen) atoms. The van der Waals surface area contributed by atoms with Crippen LogP contribution in [0.15, 0.2) is 0 Å². The van der Waals surface area contributed by atoms with Crippen molar-refractivity contribution in [3.63, 3.8) is 0 Å². The minimum Gasteiger partial charge on any atom is -0.321 e. The third kappa shape index (κ3) is 0.511. The van der Waals surface area contributed by atoms with Gasteiger partial charge in [-0.15, -0.1) is 0 Å². The van der Waals surface area contributed by atoms with E-state index in [0.717, 1.165) is 6.29 Å². The van der Waals surface area contributed by atoms with Crippen LogP contribution in [-0.4, -0.2) is 12.3 Å². The first-order valence-electron chi connectivity index (χ1n) is 3.81. The fraction of sp³-hybridized carbons (Fsp3) is 0.875. The fourth-order valence-corrected chi connectivity index (χ4v) is 2.89. The van der Waals surface area contributed by atoms with Gasteiger partial charge >= 0.3 is 0 Å². The molecule has 1 unspecified atom stereocenters. The molecule has 56 valence electrons. The van der Waals surface area contributed by atoms with Gasteiger partial charge in [0.25, 0.3) is 0 Å². The topological polar surface area (TPSA) is 43.1 Å². The van der Waals surface area contributed by atoms with Gasteiger partial charge in [0.05, 0.1) is 6.04 Å². The summed E-state index contributed by atoms with van der Waals surface area (Å²) in [6, 6.07) is -0.186. The first-order valence-corrected chi connectivity index (χ1v) is 3.81. The second kappa shape index (κ2) is 1.45. The summed E-state index contributed by atoms with van der Waals surface area (Å²) >= 11 is 0. The lowest BCUT2D eigenvalue weighted by atomic mass is 9.34. The Morgan fingerprint density at radius 1 is 1.50 bits per heavy atom. The Labute approximate surface area is 60.8 Å². The maximum atomic E-state index is 10.3. The lowest BCUT2D eigenvalue weighted by molar-refractivity contribution is -0.200.